The van der Waals surface area contributed by atoms with Crippen LogP contribution in [0.1, 0.15) is 119 Å². The predicted molar refractivity (Wildman–Crippen MR) is 154 cm³/mol. The minimum absolute atomic E-state index is 0.0274. The Morgan fingerprint density at radius 1 is 0.750 bits per heavy atom. The van der Waals surface area contributed by atoms with Gasteiger partial charge in [-0.2, -0.15) is 0 Å². The van der Waals surface area contributed by atoms with Crippen molar-refractivity contribution in [3.63, 3.8) is 0 Å². The van der Waals surface area contributed by atoms with Gasteiger partial charge in [0.15, 0.2) is 6.29 Å². The van der Waals surface area contributed by atoms with Crippen molar-refractivity contribution in [1.29, 1.82) is 0 Å². The summed E-state index contributed by atoms with van der Waals surface area (Å²) in [5, 5.41) is 0. The normalized spacial score (nSPS) is 31.9. The monoisotopic (exact) mass is 592 g/mol. The van der Waals surface area contributed by atoms with Crippen molar-refractivity contribution in [2.45, 2.75) is 167 Å². The lowest BCUT2D eigenvalue weighted by atomic mass is 9.90. The van der Waals surface area contributed by atoms with Gasteiger partial charge in [0, 0.05) is 19.8 Å². The van der Waals surface area contributed by atoms with Gasteiger partial charge in [-0.1, -0.05) is 59.3 Å². The number of hydrogen-bond acceptors (Lipinski definition) is 9. The molecule has 10 heteroatoms. The fourth-order valence-electron chi connectivity index (χ4n) is 5.18. The second-order valence-corrected chi connectivity index (χ2v) is 13.9. The Morgan fingerprint density at radius 3 is 1.88 bits per heavy atom. The van der Waals surface area contributed by atoms with Crippen LogP contribution in [0.3, 0.4) is 0 Å². The molecule has 5 atom stereocenters. The molecule has 0 aromatic rings. The van der Waals surface area contributed by atoms with E-state index >= 15 is 0 Å². The summed E-state index contributed by atoms with van der Waals surface area (Å²) in [6.07, 6.45) is 7.93. The van der Waals surface area contributed by atoms with Gasteiger partial charge < -0.3 is 23.7 Å². The highest BCUT2D eigenvalue weighted by molar-refractivity contribution is 7.48. The molecule has 3 fully saturated rings. The van der Waals surface area contributed by atoms with Crippen LogP contribution in [0.4, 0.5) is 0 Å². The summed E-state index contributed by atoms with van der Waals surface area (Å²) < 4.78 is 64.6. The molecule has 9 nitrogen and oxygen atoms in total. The largest absolute Gasteiger partial charge is 0.476 e. The second kappa shape index (κ2) is 16.1. The predicted octanol–water partition coefficient (Wildman–Crippen LogP) is 7.35. The van der Waals surface area contributed by atoms with E-state index in [1.165, 1.54) is 6.42 Å². The van der Waals surface area contributed by atoms with E-state index in [1.807, 2.05) is 27.7 Å². The Hall–Kier alpha value is -0.0900. The number of phosphoric ester groups is 1. The molecule has 3 rings (SSSR count). The first kappa shape index (κ1) is 34.4. The van der Waals surface area contributed by atoms with Crippen LogP contribution >= 0.6 is 7.82 Å². The van der Waals surface area contributed by atoms with Gasteiger partial charge in [-0.15, -0.1) is 0 Å². The van der Waals surface area contributed by atoms with Crippen molar-refractivity contribution in [2.75, 3.05) is 26.4 Å². The quantitative estimate of drug-likeness (QED) is 0.127. The van der Waals surface area contributed by atoms with E-state index in [2.05, 4.69) is 20.8 Å². The van der Waals surface area contributed by atoms with Crippen molar-refractivity contribution in [1.82, 2.24) is 0 Å². The van der Waals surface area contributed by atoms with Gasteiger partial charge in [-0.3, -0.25) is 13.6 Å². The van der Waals surface area contributed by atoms with Gasteiger partial charge in [-0.05, 0) is 59.8 Å². The van der Waals surface area contributed by atoms with Crippen LogP contribution in [-0.4, -0.2) is 74.4 Å². The van der Waals surface area contributed by atoms with E-state index in [9.17, 15) is 4.57 Å². The minimum atomic E-state index is -3.98. The topological polar surface area (TPSA) is 90.9 Å². The van der Waals surface area contributed by atoms with Gasteiger partial charge in [0.05, 0.1) is 12.7 Å². The van der Waals surface area contributed by atoms with Crippen LogP contribution in [0.5, 0.6) is 0 Å². The van der Waals surface area contributed by atoms with Crippen LogP contribution in [0.25, 0.3) is 0 Å². The highest BCUT2D eigenvalue weighted by Crippen LogP contribution is 2.65. The van der Waals surface area contributed by atoms with Crippen molar-refractivity contribution in [3.8, 4) is 0 Å². The molecular weight excluding hydrogens is 535 g/mol. The zero-order valence-corrected chi connectivity index (χ0v) is 27.1. The fourth-order valence-corrected chi connectivity index (χ4v) is 7.38. The van der Waals surface area contributed by atoms with Crippen molar-refractivity contribution >= 4 is 7.82 Å². The second-order valence-electron chi connectivity index (χ2n) is 12.5. The summed E-state index contributed by atoms with van der Waals surface area (Å²) in [7, 11) is -3.98. The molecular formula is C30H57O9P. The molecule has 0 bridgehead atoms. The molecule has 1 aliphatic carbocycles. The van der Waals surface area contributed by atoms with Gasteiger partial charge in [0.2, 0.25) is 0 Å². The van der Waals surface area contributed by atoms with Crippen LogP contribution in [0.2, 0.25) is 0 Å². The number of hydrogen-bond donors (Lipinski definition) is 0. The number of phosphoric acid groups is 1. The third-order valence-corrected chi connectivity index (χ3v) is 10.3. The first-order chi connectivity index (χ1) is 19.1. The maximum absolute atomic E-state index is 14.0. The first-order valence-electron chi connectivity index (χ1n) is 15.9. The lowest BCUT2D eigenvalue weighted by Crippen LogP contribution is -2.62. The molecule has 0 N–H and O–H groups in total. The Labute approximate surface area is 243 Å². The average molecular weight is 593 g/mol. The Balaban J connectivity index is 1.93. The highest BCUT2D eigenvalue weighted by Gasteiger charge is 2.60. The molecule has 5 unspecified atom stereocenters. The smallest absolute Gasteiger partial charge is 0.379 e. The van der Waals surface area contributed by atoms with Crippen molar-refractivity contribution in [3.05, 3.63) is 0 Å². The third-order valence-electron chi connectivity index (χ3n) is 8.39. The molecule has 1 saturated carbocycles. The van der Waals surface area contributed by atoms with E-state index in [4.69, 9.17) is 37.3 Å². The first-order valence-corrected chi connectivity index (χ1v) is 17.3. The zero-order valence-electron chi connectivity index (χ0n) is 26.2. The molecule has 0 radical (unpaired) electrons. The number of unbranched alkanes of at least 4 members (excludes halogenated alkanes) is 3. The molecule has 3 aliphatic rings. The maximum Gasteiger partial charge on any atom is 0.476 e. The van der Waals surface area contributed by atoms with Crippen molar-refractivity contribution in [2.24, 2.45) is 0 Å². The van der Waals surface area contributed by atoms with Crippen LogP contribution in [0.15, 0.2) is 0 Å². The summed E-state index contributed by atoms with van der Waals surface area (Å²) in [5.74, 6) is 0. The van der Waals surface area contributed by atoms with Gasteiger partial charge in [0.25, 0.3) is 0 Å². The van der Waals surface area contributed by atoms with E-state index in [0.29, 0.717) is 26.4 Å². The lowest BCUT2D eigenvalue weighted by molar-refractivity contribution is -0.322. The Bertz CT molecular complexity index is 750. The third kappa shape index (κ3) is 9.45. The average Bonchev–Trinajstić information content (AvgIpc) is 3.06. The Morgan fingerprint density at radius 2 is 1.30 bits per heavy atom. The van der Waals surface area contributed by atoms with Crippen LogP contribution in [-0.2, 0) is 41.8 Å². The zero-order chi connectivity index (χ0) is 29.2. The van der Waals surface area contributed by atoms with Crippen LogP contribution < -0.4 is 0 Å². The molecule has 2 saturated heterocycles. The molecule has 0 spiro atoms. The maximum atomic E-state index is 14.0. The SMILES string of the molecule is CCCCOCC1OC(OC2CCCCC2)C(OP2(=O)OC(C)(C)C(C)(C)O2)C(OCCCC)C1OCCCC. The lowest BCUT2D eigenvalue weighted by Gasteiger charge is -2.46. The summed E-state index contributed by atoms with van der Waals surface area (Å²) in [5.41, 5.74) is -1.63. The molecule has 0 aromatic heterocycles. The van der Waals surface area contributed by atoms with E-state index in [1.54, 1.807) is 0 Å². The van der Waals surface area contributed by atoms with Gasteiger partial charge in [-0.25, -0.2) is 4.57 Å². The van der Waals surface area contributed by atoms with Crippen LogP contribution in [0, 0.1) is 0 Å². The highest BCUT2D eigenvalue weighted by atomic mass is 31.2. The van der Waals surface area contributed by atoms with Gasteiger partial charge in [0.1, 0.15) is 35.6 Å². The molecule has 0 amide bonds. The van der Waals surface area contributed by atoms with Gasteiger partial charge >= 0.3 is 7.82 Å². The van der Waals surface area contributed by atoms with E-state index in [0.717, 1.165) is 64.2 Å². The summed E-state index contributed by atoms with van der Waals surface area (Å²) in [6.45, 7) is 15.9. The molecule has 2 aliphatic heterocycles. The molecule has 236 valence electrons. The summed E-state index contributed by atoms with van der Waals surface area (Å²) in [4.78, 5) is 0. The van der Waals surface area contributed by atoms with E-state index < -0.39 is 49.7 Å². The van der Waals surface area contributed by atoms with Crippen molar-refractivity contribution < 1.29 is 41.8 Å². The summed E-state index contributed by atoms with van der Waals surface area (Å²) in [6, 6.07) is 0. The standard InChI is InChI=1S/C30H57O9P/c1-8-11-19-32-22-24-25(33-20-12-9-2)26(34-21-13-10-3)27(28(36-24)35-23-17-15-14-16-18-23)37-40(31)38-29(4,5)30(6,7)39-40/h23-28H,8-22H2,1-7H3. The fraction of sp³-hybridized carbons (Fsp3) is 1.00. The molecule has 0 aromatic carbocycles. The molecule has 40 heavy (non-hydrogen) atoms. The number of rotatable bonds is 17. The summed E-state index contributed by atoms with van der Waals surface area (Å²) >= 11 is 0. The molecule has 2 heterocycles. The van der Waals surface area contributed by atoms with E-state index in [-0.39, 0.29) is 6.10 Å². The Kier molecular flexibility index (Phi) is 13.9. The number of ether oxygens (including phenoxy) is 5. The minimum Gasteiger partial charge on any atom is -0.379 e.